The zero-order valence-corrected chi connectivity index (χ0v) is 11.7. The summed E-state index contributed by atoms with van der Waals surface area (Å²) in [6.07, 6.45) is 3.22. The van der Waals surface area contributed by atoms with Gasteiger partial charge < -0.3 is 14.4 Å². The summed E-state index contributed by atoms with van der Waals surface area (Å²) in [5, 5.41) is 9.06. The topological polar surface area (TPSA) is 53.7 Å². The minimum absolute atomic E-state index is 0.0300. The minimum Gasteiger partial charge on any atom is -0.457 e. The number of aliphatic hydroxyl groups excluding tert-OH is 1. The first-order valence-electron chi connectivity index (χ1n) is 5.80. The first kappa shape index (κ1) is 14.3. The highest BCUT2D eigenvalue weighted by atomic mass is 79.9. The summed E-state index contributed by atoms with van der Waals surface area (Å²) >= 11 is 3.20. The van der Waals surface area contributed by atoms with Gasteiger partial charge in [0.15, 0.2) is 4.67 Å². The Labute approximate surface area is 110 Å². The van der Waals surface area contributed by atoms with Crippen molar-refractivity contribution >= 4 is 21.8 Å². The Balaban J connectivity index is 2.91. The number of nitrogens with zero attached hydrogens (tertiary/aromatic N) is 1. The molecule has 96 valence electrons. The van der Waals surface area contributed by atoms with Gasteiger partial charge in [-0.1, -0.05) is 13.8 Å². The lowest BCUT2D eigenvalue weighted by Crippen LogP contribution is -2.41. The van der Waals surface area contributed by atoms with Gasteiger partial charge in [-0.05, 0) is 34.8 Å². The van der Waals surface area contributed by atoms with Gasteiger partial charge in [-0.15, -0.1) is 0 Å². The molecule has 1 rings (SSSR count). The molecule has 17 heavy (non-hydrogen) atoms. The second-order valence-corrected chi connectivity index (χ2v) is 4.52. The molecule has 0 saturated heterocycles. The van der Waals surface area contributed by atoms with E-state index in [0.29, 0.717) is 16.8 Å². The first-order valence-corrected chi connectivity index (χ1v) is 6.59. The average molecular weight is 304 g/mol. The quantitative estimate of drug-likeness (QED) is 0.879. The molecule has 0 spiro atoms. The van der Waals surface area contributed by atoms with Crippen LogP contribution in [0, 0.1) is 0 Å². The maximum Gasteiger partial charge on any atom is 0.258 e. The van der Waals surface area contributed by atoms with Crippen LogP contribution in [0.1, 0.15) is 37.0 Å². The number of rotatable bonds is 6. The third kappa shape index (κ3) is 3.33. The van der Waals surface area contributed by atoms with Crippen LogP contribution in [0.3, 0.4) is 0 Å². The van der Waals surface area contributed by atoms with Crippen molar-refractivity contribution in [3.8, 4) is 0 Å². The molecular formula is C12H18BrNO3. The molecule has 0 aromatic carbocycles. The summed E-state index contributed by atoms with van der Waals surface area (Å²) in [4.78, 5) is 14.0. The molecule has 0 unspecified atom stereocenters. The molecule has 0 saturated carbocycles. The largest absolute Gasteiger partial charge is 0.457 e. The van der Waals surface area contributed by atoms with Crippen LogP contribution in [0.4, 0.5) is 0 Å². The van der Waals surface area contributed by atoms with E-state index in [0.717, 1.165) is 12.8 Å². The average Bonchev–Trinajstić information content (AvgIpc) is 2.75. The molecule has 4 nitrogen and oxygen atoms in total. The maximum absolute atomic E-state index is 12.3. The Morgan fingerprint density at radius 3 is 2.59 bits per heavy atom. The fourth-order valence-corrected chi connectivity index (χ4v) is 2.30. The number of furan rings is 1. The van der Waals surface area contributed by atoms with Gasteiger partial charge in [0.25, 0.3) is 5.91 Å². The van der Waals surface area contributed by atoms with E-state index in [1.54, 1.807) is 11.0 Å². The van der Waals surface area contributed by atoms with Crippen LogP contribution >= 0.6 is 15.9 Å². The Hall–Kier alpha value is -0.810. The van der Waals surface area contributed by atoms with Gasteiger partial charge in [-0.3, -0.25) is 4.79 Å². The van der Waals surface area contributed by atoms with E-state index < -0.39 is 0 Å². The van der Waals surface area contributed by atoms with E-state index >= 15 is 0 Å². The summed E-state index contributed by atoms with van der Waals surface area (Å²) in [7, 11) is 0. The van der Waals surface area contributed by atoms with Crippen molar-refractivity contribution in [1.82, 2.24) is 4.90 Å². The predicted molar refractivity (Wildman–Crippen MR) is 68.9 cm³/mol. The summed E-state index contributed by atoms with van der Waals surface area (Å²) < 4.78 is 5.51. The van der Waals surface area contributed by atoms with Gasteiger partial charge in [0.05, 0.1) is 18.4 Å². The van der Waals surface area contributed by atoms with Crippen LogP contribution in [-0.2, 0) is 0 Å². The number of amides is 1. The van der Waals surface area contributed by atoms with Gasteiger partial charge in [-0.25, -0.2) is 0 Å². The number of carbonyl (C=O) groups excluding carboxylic acids is 1. The van der Waals surface area contributed by atoms with Crippen molar-refractivity contribution in [2.75, 3.05) is 13.2 Å². The molecule has 5 heteroatoms. The van der Waals surface area contributed by atoms with Crippen LogP contribution in [0.5, 0.6) is 0 Å². The monoisotopic (exact) mass is 303 g/mol. The van der Waals surface area contributed by atoms with Crippen molar-refractivity contribution in [3.63, 3.8) is 0 Å². The van der Waals surface area contributed by atoms with Crippen molar-refractivity contribution in [3.05, 3.63) is 22.6 Å². The van der Waals surface area contributed by atoms with Gasteiger partial charge in [0.1, 0.15) is 0 Å². The molecule has 0 atom stereocenters. The molecular weight excluding hydrogens is 286 g/mol. The van der Waals surface area contributed by atoms with Gasteiger partial charge in [0.2, 0.25) is 0 Å². The third-order valence-corrected chi connectivity index (χ3v) is 3.45. The molecule has 0 aliphatic heterocycles. The van der Waals surface area contributed by atoms with E-state index in [1.807, 2.05) is 13.8 Å². The molecule has 1 N–H and O–H groups in total. The highest BCUT2D eigenvalue weighted by Crippen LogP contribution is 2.21. The van der Waals surface area contributed by atoms with Crippen molar-refractivity contribution < 1.29 is 14.3 Å². The second-order valence-electron chi connectivity index (χ2n) is 3.80. The van der Waals surface area contributed by atoms with Gasteiger partial charge in [-0.2, -0.15) is 0 Å². The van der Waals surface area contributed by atoms with E-state index in [4.69, 9.17) is 9.52 Å². The molecule has 1 aromatic rings. The van der Waals surface area contributed by atoms with Gasteiger partial charge in [0, 0.05) is 12.6 Å². The standard InChI is InChI=1S/C12H18BrNO3/c1-3-9(4-2)14(6-7-15)12(16)10-5-8-17-11(10)13/h5,8-9,15H,3-4,6-7H2,1-2H3. The zero-order chi connectivity index (χ0) is 12.8. The zero-order valence-electron chi connectivity index (χ0n) is 10.1. The number of aliphatic hydroxyl groups is 1. The number of hydrogen-bond acceptors (Lipinski definition) is 3. The van der Waals surface area contributed by atoms with E-state index in [9.17, 15) is 4.79 Å². The smallest absolute Gasteiger partial charge is 0.258 e. The van der Waals surface area contributed by atoms with E-state index in [1.165, 1.54) is 6.26 Å². The highest BCUT2D eigenvalue weighted by molar-refractivity contribution is 9.10. The number of hydrogen-bond donors (Lipinski definition) is 1. The molecule has 1 heterocycles. The van der Waals surface area contributed by atoms with Crippen LogP contribution in [0.2, 0.25) is 0 Å². The number of carbonyl (C=O) groups is 1. The van der Waals surface area contributed by atoms with Gasteiger partial charge >= 0.3 is 0 Å². The summed E-state index contributed by atoms with van der Waals surface area (Å²) in [5.41, 5.74) is 0.505. The molecule has 0 aliphatic carbocycles. The lowest BCUT2D eigenvalue weighted by Gasteiger charge is -2.29. The Morgan fingerprint density at radius 2 is 2.18 bits per heavy atom. The molecule has 0 bridgehead atoms. The normalized spacial score (nSPS) is 10.9. The Morgan fingerprint density at radius 1 is 1.53 bits per heavy atom. The molecule has 0 radical (unpaired) electrons. The first-order chi connectivity index (χ1) is 8.15. The third-order valence-electron chi connectivity index (χ3n) is 2.83. The molecule has 1 aromatic heterocycles. The Bertz CT molecular complexity index is 360. The molecule has 0 fully saturated rings. The number of halogens is 1. The van der Waals surface area contributed by atoms with Crippen molar-refractivity contribution in [2.24, 2.45) is 0 Å². The minimum atomic E-state index is -0.103. The summed E-state index contributed by atoms with van der Waals surface area (Å²) in [6.45, 7) is 4.40. The van der Waals surface area contributed by atoms with E-state index in [-0.39, 0.29) is 18.6 Å². The highest BCUT2D eigenvalue weighted by Gasteiger charge is 2.24. The van der Waals surface area contributed by atoms with Crippen molar-refractivity contribution in [1.29, 1.82) is 0 Å². The van der Waals surface area contributed by atoms with Crippen LogP contribution < -0.4 is 0 Å². The van der Waals surface area contributed by atoms with Crippen LogP contribution in [0.15, 0.2) is 21.4 Å². The maximum atomic E-state index is 12.3. The Kier molecular flexibility index (Phi) is 5.71. The molecule has 0 aliphatic rings. The predicted octanol–water partition coefficient (Wildman–Crippen LogP) is 2.67. The fraction of sp³-hybridized carbons (Fsp3) is 0.583. The summed E-state index contributed by atoms with van der Waals surface area (Å²) in [5.74, 6) is -0.103. The SMILES string of the molecule is CCC(CC)N(CCO)C(=O)c1ccoc1Br. The molecule has 1 amide bonds. The lowest BCUT2D eigenvalue weighted by molar-refractivity contribution is 0.0620. The summed E-state index contributed by atoms with van der Waals surface area (Å²) in [6, 6.07) is 1.79. The van der Waals surface area contributed by atoms with Crippen LogP contribution in [0.25, 0.3) is 0 Å². The van der Waals surface area contributed by atoms with Crippen LogP contribution in [-0.4, -0.2) is 35.1 Å². The van der Waals surface area contributed by atoms with Crippen molar-refractivity contribution in [2.45, 2.75) is 32.7 Å². The van der Waals surface area contributed by atoms with E-state index in [2.05, 4.69) is 15.9 Å². The fourth-order valence-electron chi connectivity index (χ4n) is 1.89. The second kappa shape index (κ2) is 6.81. The lowest BCUT2D eigenvalue weighted by atomic mass is 10.1.